The van der Waals surface area contributed by atoms with E-state index < -0.39 is 17.5 Å². The molecule has 1 fully saturated rings. The molecule has 1 N–H and O–H groups in total. The van der Waals surface area contributed by atoms with Gasteiger partial charge in [-0.25, -0.2) is 14.1 Å². The van der Waals surface area contributed by atoms with Crippen LogP contribution in [0.25, 0.3) is 16.7 Å². The van der Waals surface area contributed by atoms with Crippen LogP contribution in [0.1, 0.15) is 15.9 Å². The number of nitrogens with one attached hydrogen (secondary N) is 1. The lowest BCUT2D eigenvalue weighted by molar-refractivity contribution is -0.127. The predicted octanol–water partition coefficient (Wildman–Crippen LogP) is 1.53. The standard InChI is InChI=1S/C24H24FN9O2/c1-31(2)29-22(16-6-4-3-5-7-16)32-10-12-33(13-11-32)24(36)21(35)17-14-26-20-19(17)18(25)15-27-23(20)34-9-8-28-30-34/h3-9,14-15,26H,10-13H2,1-2H3/b29-22-. The molecule has 0 atom stereocenters. The number of aromatic amines is 1. The zero-order chi connectivity index (χ0) is 25.2. The zero-order valence-electron chi connectivity index (χ0n) is 19.8. The van der Waals surface area contributed by atoms with Gasteiger partial charge in [0.05, 0.1) is 35.1 Å². The first-order valence-corrected chi connectivity index (χ1v) is 11.4. The van der Waals surface area contributed by atoms with Crippen molar-refractivity contribution >= 4 is 28.4 Å². The van der Waals surface area contributed by atoms with Crippen molar-refractivity contribution in [3.8, 4) is 5.82 Å². The zero-order valence-corrected chi connectivity index (χ0v) is 19.8. The number of amides is 1. The molecule has 1 aliphatic rings. The molecule has 12 heteroatoms. The Morgan fingerprint density at radius 1 is 1.08 bits per heavy atom. The molecule has 1 aromatic carbocycles. The number of rotatable bonds is 5. The van der Waals surface area contributed by atoms with Crippen molar-refractivity contribution in [1.29, 1.82) is 0 Å². The molecule has 0 unspecified atom stereocenters. The normalized spacial score (nSPS) is 14.4. The number of carbonyl (C=O) groups is 2. The van der Waals surface area contributed by atoms with Crippen molar-refractivity contribution < 1.29 is 14.0 Å². The molecule has 184 valence electrons. The fourth-order valence-corrected chi connectivity index (χ4v) is 4.23. The van der Waals surface area contributed by atoms with Gasteiger partial charge in [-0.05, 0) is 0 Å². The summed E-state index contributed by atoms with van der Waals surface area (Å²) in [6.07, 6.45) is 5.35. The summed E-state index contributed by atoms with van der Waals surface area (Å²) >= 11 is 0. The van der Waals surface area contributed by atoms with Crippen molar-refractivity contribution in [2.45, 2.75) is 0 Å². The van der Waals surface area contributed by atoms with Crippen molar-refractivity contribution in [2.75, 3.05) is 40.3 Å². The van der Waals surface area contributed by atoms with Gasteiger partial charge in [0.25, 0.3) is 11.7 Å². The minimum Gasteiger partial charge on any atom is -0.357 e. The molecule has 0 spiro atoms. The number of benzene rings is 1. The number of amidine groups is 1. The third-order valence-electron chi connectivity index (χ3n) is 5.91. The lowest BCUT2D eigenvalue weighted by atomic mass is 10.1. The largest absolute Gasteiger partial charge is 0.357 e. The van der Waals surface area contributed by atoms with E-state index in [9.17, 15) is 14.0 Å². The van der Waals surface area contributed by atoms with Crippen LogP contribution in [0, 0.1) is 5.82 Å². The molecular weight excluding hydrogens is 465 g/mol. The number of hydrogen-bond acceptors (Lipinski definition) is 7. The van der Waals surface area contributed by atoms with Gasteiger partial charge in [0.2, 0.25) is 0 Å². The number of nitrogens with zero attached hydrogens (tertiary/aromatic N) is 8. The predicted molar refractivity (Wildman–Crippen MR) is 130 cm³/mol. The van der Waals surface area contributed by atoms with Crippen LogP contribution in [-0.4, -0.2) is 97.6 Å². The molecular formula is C24H24FN9O2. The van der Waals surface area contributed by atoms with E-state index in [4.69, 9.17) is 0 Å². The highest BCUT2D eigenvalue weighted by molar-refractivity contribution is 6.45. The fourth-order valence-electron chi connectivity index (χ4n) is 4.23. The number of halogens is 1. The van der Waals surface area contributed by atoms with E-state index in [2.05, 4.69) is 30.3 Å². The van der Waals surface area contributed by atoms with Crippen LogP contribution >= 0.6 is 0 Å². The Balaban J connectivity index is 1.35. The van der Waals surface area contributed by atoms with E-state index in [1.54, 1.807) is 11.2 Å². The Morgan fingerprint density at radius 2 is 1.81 bits per heavy atom. The SMILES string of the molecule is CN(C)/N=C(/c1ccccc1)N1CCN(C(=O)C(=O)c2c[nH]c3c(-n4ccnn4)ncc(F)c23)CC1. The number of aromatic nitrogens is 5. The molecule has 1 aliphatic heterocycles. The average molecular weight is 490 g/mol. The summed E-state index contributed by atoms with van der Waals surface area (Å²) in [5.74, 6) is -1.10. The van der Waals surface area contributed by atoms with Gasteiger partial charge in [-0.3, -0.25) is 9.59 Å². The smallest absolute Gasteiger partial charge is 0.295 e. The van der Waals surface area contributed by atoms with Gasteiger partial charge in [-0.1, -0.05) is 35.5 Å². The molecule has 3 aromatic heterocycles. The molecule has 0 bridgehead atoms. The van der Waals surface area contributed by atoms with Crippen LogP contribution in [0.4, 0.5) is 4.39 Å². The molecule has 0 saturated carbocycles. The van der Waals surface area contributed by atoms with E-state index in [0.29, 0.717) is 26.2 Å². The quantitative estimate of drug-likeness (QED) is 0.149. The second-order valence-corrected chi connectivity index (χ2v) is 8.47. The second-order valence-electron chi connectivity index (χ2n) is 8.47. The highest BCUT2D eigenvalue weighted by atomic mass is 19.1. The summed E-state index contributed by atoms with van der Waals surface area (Å²) in [6.45, 7) is 1.67. The Hall–Kier alpha value is -4.61. The second kappa shape index (κ2) is 9.56. The van der Waals surface area contributed by atoms with E-state index in [1.807, 2.05) is 44.4 Å². The summed E-state index contributed by atoms with van der Waals surface area (Å²) in [5.41, 5.74) is 1.18. The van der Waals surface area contributed by atoms with Gasteiger partial charge >= 0.3 is 0 Å². The Kier molecular flexibility index (Phi) is 6.15. The molecule has 1 amide bonds. The summed E-state index contributed by atoms with van der Waals surface area (Å²) in [5, 5.41) is 14.0. The molecule has 0 aliphatic carbocycles. The number of hydrogen-bond donors (Lipinski definition) is 1. The van der Waals surface area contributed by atoms with E-state index in [0.717, 1.165) is 17.6 Å². The van der Waals surface area contributed by atoms with Crippen molar-refractivity contribution in [3.63, 3.8) is 0 Å². The van der Waals surface area contributed by atoms with Crippen LogP contribution in [0.3, 0.4) is 0 Å². The molecule has 1 saturated heterocycles. The lowest BCUT2D eigenvalue weighted by Gasteiger charge is -2.36. The minimum absolute atomic E-state index is 0.00281. The van der Waals surface area contributed by atoms with Gasteiger partial charge in [-0.15, -0.1) is 5.10 Å². The summed E-state index contributed by atoms with van der Waals surface area (Å²) < 4.78 is 16.1. The van der Waals surface area contributed by atoms with E-state index >= 15 is 0 Å². The number of Topliss-reactive ketones (excluding diaryl/α,β-unsaturated/α-hetero) is 1. The number of H-pyrrole nitrogens is 1. The maximum Gasteiger partial charge on any atom is 0.295 e. The van der Waals surface area contributed by atoms with Gasteiger partial charge in [0.1, 0.15) is 0 Å². The Bertz CT molecular complexity index is 1420. The first-order chi connectivity index (χ1) is 17.4. The summed E-state index contributed by atoms with van der Waals surface area (Å²) in [4.78, 5) is 36.8. The fraction of sp³-hybridized carbons (Fsp3) is 0.250. The first kappa shape index (κ1) is 23.1. The lowest BCUT2D eigenvalue weighted by Crippen LogP contribution is -2.52. The van der Waals surface area contributed by atoms with Crippen LogP contribution in [0.2, 0.25) is 0 Å². The highest BCUT2D eigenvalue weighted by Crippen LogP contribution is 2.26. The maximum atomic E-state index is 14.7. The van der Waals surface area contributed by atoms with Gasteiger partial charge in [-0.2, -0.15) is 5.10 Å². The first-order valence-electron chi connectivity index (χ1n) is 11.4. The number of piperazine rings is 1. The third kappa shape index (κ3) is 4.28. The van der Waals surface area contributed by atoms with Crippen molar-refractivity contribution in [3.05, 3.63) is 72.1 Å². The molecule has 36 heavy (non-hydrogen) atoms. The minimum atomic E-state index is -0.783. The van der Waals surface area contributed by atoms with E-state index in [-0.39, 0.29) is 22.3 Å². The highest BCUT2D eigenvalue weighted by Gasteiger charge is 2.31. The summed E-state index contributed by atoms with van der Waals surface area (Å²) in [6, 6.07) is 9.80. The van der Waals surface area contributed by atoms with Crippen LogP contribution in [0.15, 0.2) is 60.2 Å². The Morgan fingerprint density at radius 3 is 2.47 bits per heavy atom. The number of pyridine rings is 1. The molecule has 11 nitrogen and oxygen atoms in total. The number of fused-ring (bicyclic) bond motifs is 1. The van der Waals surface area contributed by atoms with Crippen molar-refractivity contribution in [2.24, 2.45) is 5.10 Å². The molecule has 4 heterocycles. The average Bonchev–Trinajstić information content (AvgIpc) is 3.59. The number of ketones is 1. The maximum absolute atomic E-state index is 14.7. The topological polar surface area (TPSA) is 116 Å². The monoisotopic (exact) mass is 489 g/mol. The van der Waals surface area contributed by atoms with Crippen molar-refractivity contribution in [1.82, 2.24) is 39.8 Å². The number of carbonyl (C=O) groups excluding carboxylic acids is 2. The molecule has 0 radical (unpaired) electrons. The third-order valence-corrected chi connectivity index (χ3v) is 5.91. The van der Waals surface area contributed by atoms with Crippen LogP contribution in [0.5, 0.6) is 0 Å². The number of hydrazone groups is 1. The van der Waals surface area contributed by atoms with Crippen LogP contribution in [-0.2, 0) is 4.79 Å². The van der Waals surface area contributed by atoms with Crippen LogP contribution < -0.4 is 0 Å². The summed E-state index contributed by atoms with van der Waals surface area (Å²) in [7, 11) is 3.71. The van der Waals surface area contributed by atoms with Gasteiger partial charge in [0.15, 0.2) is 17.5 Å². The van der Waals surface area contributed by atoms with E-state index in [1.165, 1.54) is 22.0 Å². The van der Waals surface area contributed by atoms with Gasteiger partial charge in [0, 0.05) is 52.0 Å². The van der Waals surface area contributed by atoms with Gasteiger partial charge < -0.3 is 19.8 Å². The molecule has 5 rings (SSSR count). The molecule has 4 aromatic rings. The Labute approximate surface area is 205 Å².